The number of nitrogens with one attached hydrogen (secondary N) is 1. The van der Waals surface area contributed by atoms with Crippen LogP contribution in [0.1, 0.15) is 5.56 Å². The Labute approximate surface area is 169 Å². The summed E-state index contributed by atoms with van der Waals surface area (Å²) >= 11 is 1.57. The maximum atomic E-state index is 12.3. The summed E-state index contributed by atoms with van der Waals surface area (Å²) in [6, 6.07) is 23.3. The van der Waals surface area contributed by atoms with E-state index in [0.29, 0.717) is 17.2 Å². The van der Waals surface area contributed by atoms with E-state index < -0.39 is 0 Å². The van der Waals surface area contributed by atoms with Gasteiger partial charge in [-0.15, -0.1) is 0 Å². The molecule has 0 spiro atoms. The highest BCUT2D eigenvalue weighted by atomic mass is 32.2. The van der Waals surface area contributed by atoms with Crippen molar-refractivity contribution >= 4 is 29.4 Å². The summed E-state index contributed by atoms with van der Waals surface area (Å²) in [5.41, 5.74) is 1.51. The van der Waals surface area contributed by atoms with E-state index in [1.165, 1.54) is 6.08 Å². The van der Waals surface area contributed by atoms with E-state index in [9.17, 15) is 4.79 Å². The second kappa shape index (κ2) is 9.67. The molecule has 0 atom stereocenters. The molecule has 0 aliphatic rings. The van der Waals surface area contributed by atoms with Crippen molar-refractivity contribution in [3.05, 3.63) is 84.4 Å². The lowest BCUT2D eigenvalue weighted by molar-refractivity contribution is -0.111. The maximum Gasteiger partial charge on any atom is 0.248 e. The Hall–Kier alpha value is -3.18. The Kier molecular flexibility index (Phi) is 6.76. The number of carbonyl (C=O) groups excluding carboxylic acids is 1. The van der Waals surface area contributed by atoms with Crippen molar-refractivity contribution in [2.45, 2.75) is 9.79 Å². The molecule has 28 heavy (non-hydrogen) atoms. The van der Waals surface area contributed by atoms with Crippen molar-refractivity contribution in [3.8, 4) is 11.5 Å². The normalized spacial score (nSPS) is 10.6. The molecule has 3 rings (SSSR count). The van der Waals surface area contributed by atoms with Crippen LogP contribution in [0.15, 0.2) is 88.7 Å². The average Bonchev–Trinajstić information content (AvgIpc) is 2.74. The number of benzene rings is 3. The molecule has 0 bridgehead atoms. The summed E-state index contributed by atoms with van der Waals surface area (Å²) in [5, 5.41) is 2.86. The second-order valence-corrected chi connectivity index (χ2v) is 6.97. The van der Waals surface area contributed by atoms with Gasteiger partial charge >= 0.3 is 0 Å². The Morgan fingerprint density at radius 3 is 2.18 bits per heavy atom. The minimum Gasteiger partial charge on any atom is -0.495 e. The standard InChI is InChI=1S/C23H21NO3S/c1-26-20-16-22(28-18-11-7-4-8-12-18)21(27-2)15-19(20)24-23(25)14-13-17-9-5-3-6-10-17/h3-16H,1-2H3,(H,24,25)/b14-13+. The molecule has 3 aromatic carbocycles. The number of hydrogen-bond acceptors (Lipinski definition) is 4. The summed E-state index contributed by atoms with van der Waals surface area (Å²) in [6.45, 7) is 0. The van der Waals surface area contributed by atoms with Crippen molar-refractivity contribution < 1.29 is 14.3 Å². The van der Waals surface area contributed by atoms with E-state index in [1.807, 2.05) is 66.7 Å². The zero-order chi connectivity index (χ0) is 19.8. The van der Waals surface area contributed by atoms with Crippen LogP contribution in [0.4, 0.5) is 5.69 Å². The molecule has 4 nitrogen and oxygen atoms in total. The first-order valence-electron chi connectivity index (χ1n) is 8.72. The summed E-state index contributed by atoms with van der Waals surface area (Å²) < 4.78 is 11.0. The maximum absolute atomic E-state index is 12.3. The number of anilines is 1. The summed E-state index contributed by atoms with van der Waals surface area (Å²) in [5.74, 6) is 0.991. The number of carbonyl (C=O) groups is 1. The van der Waals surface area contributed by atoms with Crippen molar-refractivity contribution in [2.75, 3.05) is 19.5 Å². The van der Waals surface area contributed by atoms with Crippen LogP contribution in [-0.4, -0.2) is 20.1 Å². The Bertz CT molecular complexity index is 956. The van der Waals surface area contributed by atoms with Crippen molar-refractivity contribution in [1.82, 2.24) is 0 Å². The van der Waals surface area contributed by atoms with Crippen LogP contribution in [0.2, 0.25) is 0 Å². The van der Waals surface area contributed by atoms with E-state index in [0.717, 1.165) is 15.4 Å². The van der Waals surface area contributed by atoms with E-state index in [1.54, 1.807) is 38.1 Å². The third-order valence-electron chi connectivity index (χ3n) is 3.94. The van der Waals surface area contributed by atoms with Crippen molar-refractivity contribution in [3.63, 3.8) is 0 Å². The largest absolute Gasteiger partial charge is 0.495 e. The molecular weight excluding hydrogens is 370 g/mol. The fourth-order valence-corrected chi connectivity index (χ4v) is 3.53. The minimum atomic E-state index is -0.243. The lowest BCUT2D eigenvalue weighted by Gasteiger charge is -2.15. The second-order valence-electron chi connectivity index (χ2n) is 5.85. The van der Waals surface area contributed by atoms with Gasteiger partial charge in [0.1, 0.15) is 11.5 Å². The molecule has 0 fully saturated rings. The van der Waals surface area contributed by atoms with Gasteiger partial charge < -0.3 is 14.8 Å². The molecule has 0 aliphatic heterocycles. The Morgan fingerprint density at radius 1 is 0.893 bits per heavy atom. The number of amides is 1. The summed E-state index contributed by atoms with van der Waals surface area (Å²) in [6.07, 6.45) is 3.26. The quantitative estimate of drug-likeness (QED) is 0.540. The van der Waals surface area contributed by atoms with Gasteiger partial charge in [-0.3, -0.25) is 4.79 Å². The molecule has 0 saturated carbocycles. The lowest BCUT2D eigenvalue weighted by atomic mass is 10.2. The van der Waals surface area contributed by atoms with Crippen LogP contribution in [0.5, 0.6) is 11.5 Å². The fraction of sp³-hybridized carbons (Fsp3) is 0.0870. The van der Waals surface area contributed by atoms with Crippen LogP contribution >= 0.6 is 11.8 Å². The van der Waals surface area contributed by atoms with E-state index in [-0.39, 0.29) is 5.91 Å². The van der Waals surface area contributed by atoms with Crippen LogP contribution in [0.25, 0.3) is 6.08 Å². The molecule has 0 aliphatic carbocycles. The van der Waals surface area contributed by atoms with Gasteiger partial charge in [-0.1, -0.05) is 60.3 Å². The average molecular weight is 391 g/mol. The first-order chi connectivity index (χ1) is 13.7. The smallest absolute Gasteiger partial charge is 0.248 e. The van der Waals surface area contributed by atoms with Gasteiger partial charge in [0.2, 0.25) is 5.91 Å². The van der Waals surface area contributed by atoms with Crippen LogP contribution < -0.4 is 14.8 Å². The highest BCUT2D eigenvalue weighted by Crippen LogP contribution is 2.41. The van der Waals surface area contributed by atoms with Gasteiger partial charge in [0.15, 0.2) is 0 Å². The minimum absolute atomic E-state index is 0.243. The molecule has 0 heterocycles. The van der Waals surface area contributed by atoms with Crippen molar-refractivity contribution in [1.29, 1.82) is 0 Å². The Morgan fingerprint density at radius 2 is 1.54 bits per heavy atom. The van der Waals surface area contributed by atoms with Crippen molar-refractivity contribution in [2.24, 2.45) is 0 Å². The van der Waals surface area contributed by atoms with E-state index in [2.05, 4.69) is 5.32 Å². The molecule has 1 amide bonds. The molecule has 3 aromatic rings. The van der Waals surface area contributed by atoms with Gasteiger partial charge in [0.25, 0.3) is 0 Å². The molecule has 5 heteroatoms. The van der Waals surface area contributed by atoms with E-state index in [4.69, 9.17) is 9.47 Å². The predicted molar refractivity (Wildman–Crippen MR) is 114 cm³/mol. The number of ether oxygens (including phenoxy) is 2. The zero-order valence-corrected chi connectivity index (χ0v) is 16.5. The first-order valence-corrected chi connectivity index (χ1v) is 9.54. The molecule has 0 saturated heterocycles. The molecule has 142 valence electrons. The number of methoxy groups -OCH3 is 2. The Balaban J connectivity index is 1.80. The number of hydrogen-bond donors (Lipinski definition) is 1. The predicted octanol–water partition coefficient (Wildman–Crippen LogP) is 5.51. The summed E-state index contributed by atoms with van der Waals surface area (Å²) in [4.78, 5) is 14.3. The van der Waals surface area contributed by atoms with Gasteiger partial charge in [-0.25, -0.2) is 0 Å². The number of rotatable bonds is 7. The third-order valence-corrected chi connectivity index (χ3v) is 4.99. The highest BCUT2D eigenvalue weighted by molar-refractivity contribution is 7.99. The monoisotopic (exact) mass is 391 g/mol. The lowest BCUT2D eigenvalue weighted by Crippen LogP contribution is -2.09. The molecule has 0 unspecified atom stereocenters. The van der Waals surface area contributed by atoms with Crippen LogP contribution in [-0.2, 0) is 4.79 Å². The summed E-state index contributed by atoms with van der Waals surface area (Å²) in [7, 11) is 3.19. The molecule has 1 N–H and O–H groups in total. The highest BCUT2D eigenvalue weighted by Gasteiger charge is 2.14. The van der Waals surface area contributed by atoms with Gasteiger partial charge in [-0.05, 0) is 29.8 Å². The fourth-order valence-electron chi connectivity index (χ4n) is 2.57. The first kappa shape index (κ1) is 19.6. The van der Waals surface area contributed by atoms with E-state index >= 15 is 0 Å². The van der Waals surface area contributed by atoms with Gasteiger partial charge in [-0.2, -0.15) is 0 Å². The van der Waals surface area contributed by atoms with Crippen LogP contribution in [0, 0.1) is 0 Å². The third kappa shape index (κ3) is 5.18. The zero-order valence-electron chi connectivity index (χ0n) is 15.7. The molecule has 0 aromatic heterocycles. The topological polar surface area (TPSA) is 47.6 Å². The van der Waals surface area contributed by atoms with Crippen LogP contribution in [0.3, 0.4) is 0 Å². The van der Waals surface area contributed by atoms with Gasteiger partial charge in [0, 0.05) is 17.0 Å². The SMILES string of the molecule is COc1cc(Sc2ccccc2)c(OC)cc1NC(=O)/C=C/c1ccccc1. The molecule has 0 radical (unpaired) electrons. The molecular formula is C23H21NO3S. The van der Waals surface area contributed by atoms with Gasteiger partial charge in [0.05, 0.1) is 24.8 Å².